The van der Waals surface area contributed by atoms with Crippen LogP contribution in [-0.4, -0.2) is 30.5 Å². The minimum atomic E-state index is -0.293. The Kier molecular flexibility index (Phi) is 4.42. The number of amides is 1. The summed E-state index contributed by atoms with van der Waals surface area (Å²) in [5.41, 5.74) is 10.9. The molecule has 0 aliphatic carbocycles. The normalized spacial score (nSPS) is 11.1. The van der Waals surface area contributed by atoms with Gasteiger partial charge in [-0.1, -0.05) is 18.2 Å². The van der Waals surface area contributed by atoms with Gasteiger partial charge in [-0.25, -0.2) is 9.67 Å². The quantitative estimate of drug-likeness (QED) is 0.572. The van der Waals surface area contributed by atoms with Crippen LogP contribution >= 0.6 is 0 Å². The molecule has 1 aromatic carbocycles. The summed E-state index contributed by atoms with van der Waals surface area (Å²) in [5.74, 6) is -0.293. The molecular weight excluding hydrogens is 340 g/mol. The average molecular weight is 360 g/mol. The third kappa shape index (κ3) is 3.44. The van der Waals surface area contributed by atoms with E-state index in [1.54, 1.807) is 6.20 Å². The van der Waals surface area contributed by atoms with Gasteiger partial charge in [0.05, 0.1) is 29.3 Å². The van der Waals surface area contributed by atoms with Gasteiger partial charge in [0, 0.05) is 24.7 Å². The van der Waals surface area contributed by atoms with Crippen LogP contribution in [0.4, 0.5) is 0 Å². The number of para-hydroxylation sites is 1. The molecule has 0 aliphatic rings. The van der Waals surface area contributed by atoms with Crippen LogP contribution in [0.1, 0.15) is 18.4 Å². The van der Waals surface area contributed by atoms with Gasteiger partial charge in [0.1, 0.15) is 5.52 Å². The van der Waals surface area contributed by atoms with Crippen molar-refractivity contribution in [3.05, 3.63) is 60.6 Å². The fourth-order valence-corrected chi connectivity index (χ4v) is 3.20. The van der Waals surface area contributed by atoms with E-state index in [9.17, 15) is 4.79 Å². The summed E-state index contributed by atoms with van der Waals surface area (Å²) in [6.45, 7) is 2.68. The molecule has 0 radical (unpaired) electrons. The Hall–Kier alpha value is -3.48. The standard InChI is InChI=1S/C20H20N6O/c1-14-10-17(15-11-22-26(13-15)16-6-3-2-4-7-16)24-18-12-23-25(20(14)18)9-5-8-19(21)27/h2-4,6-7,10-13H,5,8-9H2,1H3,(H2,21,27). The number of carbonyl (C=O) groups is 1. The lowest BCUT2D eigenvalue weighted by molar-refractivity contribution is -0.118. The second kappa shape index (κ2) is 7.03. The predicted molar refractivity (Wildman–Crippen MR) is 103 cm³/mol. The van der Waals surface area contributed by atoms with Crippen molar-refractivity contribution < 1.29 is 4.79 Å². The van der Waals surface area contributed by atoms with Gasteiger partial charge in [-0.15, -0.1) is 0 Å². The Balaban J connectivity index is 1.64. The number of aryl methyl sites for hydroxylation is 2. The highest BCUT2D eigenvalue weighted by Crippen LogP contribution is 2.25. The lowest BCUT2D eigenvalue weighted by Gasteiger charge is -2.06. The first-order valence-corrected chi connectivity index (χ1v) is 8.84. The molecule has 1 amide bonds. The summed E-state index contributed by atoms with van der Waals surface area (Å²) in [6.07, 6.45) is 6.57. The zero-order valence-electron chi connectivity index (χ0n) is 15.0. The maximum atomic E-state index is 10.9. The molecule has 0 saturated heterocycles. The summed E-state index contributed by atoms with van der Waals surface area (Å²) in [6, 6.07) is 12.0. The molecule has 7 nitrogen and oxygen atoms in total. The number of carbonyl (C=O) groups excluding carboxylic acids is 1. The smallest absolute Gasteiger partial charge is 0.217 e. The van der Waals surface area contributed by atoms with Gasteiger partial charge in [0.2, 0.25) is 5.91 Å². The van der Waals surface area contributed by atoms with Crippen molar-refractivity contribution in [2.75, 3.05) is 0 Å². The van der Waals surface area contributed by atoms with Crippen molar-refractivity contribution in [3.63, 3.8) is 0 Å². The first kappa shape index (κ1) is 17.0. The van der Waals surface area contributed by atoms with Gasteiger partial charge in [-0.2, -0.15) is 10.2 Å². The summed E-state index contributed by atoms with van der Waals surface area (Å²) in [7, 11) is 0. The minimum Gasteiger partial charge on any atom is -0.370 e. The molecule has 0 saturated carbocycles. The molecule has 0 aliphatic heterocycles. The van der Waals surface area contributed by atoms with Gasteiger partial charge in [0.15, 0.2) is 0 Å². The molecule has 3 heterocycles. The molecular formula is C20H20N6O. The Bertz CT molecular complexity index is 1100. The van der Waals surface area contributed by atoms with Crippen molar-refractivity contribution in [2.24, 2.45) is 5.73 Å². The lowest BCUT2D eigenvalue weighted by atomic mass is 10.1. The number of aromatic nitrogens is 5. The SMILES string of the molecule is Cc1cc(-c2cnn(-c3ccccc3)c2)nc2cnn(CCCC(N)=O)c12. The third-order valence-electron chi connectivity index (χ3n) is 4.48. The van der Waals surface area contributed by atoms with Gasteiger partial charge in [-0.05, 0) is 37.1 Å². The van der Waals surface area contributed by atoms with E-state index in [0.717, 1.165) is 33.5 Å². The van der Waals surface area contributed by atoms with E-state index < -0.39 is 0 Å². The number of hydrogen-bond donors (Lipinski definition) is 1. The van der Waals surface area contributed by atoms with Crippen molar-refractivity contribution >= 4 is 16.9 Å². The van der Waals surface area contributed by atoms with Crippen LogP contribution < -0.4 is 5.73 Å². The average Bonchev–Trinajstić information content (AvgIpc) is 3.30. The van der Waals surface area contributed by atoms with E-state index in [1.165, 1.54) is 0 Å². The number of benzene rings is 1. The van der Waals surface area contributed by atoms with Crippen LogP contribution in [0.3, 0.4) is 0 Å². The van der Waals surface area contributed by atoms with E-state index in [4.69, 9.17) is 10.7 Å². The van der Waals surface area contributed by atoms with Crippen LogP contribution in [-0.2, 0) is 11.3 Å². The number of rotatable bonds is 6. The van der Waals surface area contributed by atoms with Crippen molar-refractivity contribution in [3.8, 4) is 16.9 Å². The van der Waals surface area contributed by atoms with E-state index in [2.05, 4.69) is 10.2 Å². The molecule has 2 N–H and O–H groups in total. The monoisotopic (exact) mass is 360 g/mol. The zero-order valence-corrected chi connectivity index (χ0v) is 15.0. The van der Waals surface area contributed by atoms with Crippen LogP contribution in [0.5, 0.6) is 0 Å². The van der Waals surface area contributed by atoms with Crippen LogP contribution in [0, 0.1) is 6.92 Å². The molecule has 0 spiro atoms. The maximum Gasteiger partial charge on any atom is 0.217 e. The molecule has 0 unspecified atom stereocenters. The maximum absolute atomic E-state index is 10.9. The molecule has 0 bridgehead atoms. The van der Waals surface area contributed by atoms with E-state index >= 15 is 0 Å². The topological polar surface area (TPSA) is 91.6 Å². The molecule has 136 valence electrons. The number of nitrogens with zero attached hydrogens (tertiary/aromatic N) is 5. The van der Waals surface area contributed by atoms with E-state index in [1.807, 2.05) is 65.1 Å². The zero-order chi connectivity index (χ0) is 18.8. The highest BCUT2D eigenvalue weighted by Gasteiger charge is 2.12. The second-order valence-electron chi connectivity index (χ2n) is 6.50. The number of nitrogens with two attached hydrogens (primary N) is 1. The van der Waals surface area contributed by atoms with Crippen molar-refractivity contribution in [1.82, 2.24) is 24.5 Å². The summed E-state index contributed by atoms with van der Waals surface area (Å²) >= 11 is 0. The Morgan fingerprint density at radius 3 is 2.74 bits per heavy atom. The van der Waals surface area contributed by atoms with Gasteiger partial charge in [0.25, 0.3) is 0 Å². The highest BCUT2D eigenvalue weighted by molar-refractivity contribution is 5.81. The molecule has 7 heteroatoms. The van der Waals surface area contributed by atoms with Crippen LogP contribution in [0.2, 0.25) is 0 Å². The molecule has 3 aromatic heterocycles. The molecule has 4 rings (SSSR count). The fraction of sp³-hybridized carbons (Fsp3) is 0.200. The van der Waals surface area contributed by atoms with Crippen molar-refractivity contribution in [2.45, 2.75) is 26.3 Å². The molecule has 0 fully saturated rings. The summed E-state index contributed by atoms with van der Waals surface area (Å²) in [4.78, 5) is 15.7. The van der Waals surface area contributed by atoms with Crippen LogP contribution in [0.15, 0.2) is 55.0 Å². The minimum absolute atomic E-state index is 0.293. The van der Waals surface area contributed by atoms with E-state index in [-0.39, 0.29) is 5.91 Å². The molecule has 4 aromatic rings. The fourth-order valence-electron chi connectivity index (χ4n) is 3.20. The van der Waals surface area contributed by atoms with Gasteiger partial charge in [-0.3, -0.25) is 9.48 Å². The lowest BCUT2D eigenvalue weighted by Crippen LogP contribution is -2.12. The Morgan fingerprint density at radius 1 is 1.15 bits per heavy atom. The second-order valence-corrected chi connectivity index (χ2v) is 6.50. The number of hydrogen-bond acceptors (Lipinski definition) is 4. The van der Waals surface area contributed by atoms with Gasteiger partial charge < -0.3 is 5.73 Å². The number of pyridine rings is 1. The number of primary amides is 1. The summed E-state index contributed by atoms with van der Waals surface area (Å²) in [5, 5.41) is 8.87. The van der Waals surface area contributed by atoms with Crippen molar-refractivity contribution in [1.29, 1.82) is 0 Å². The largest absolute Gasteiger partial charge is 0.370 e. The number of fused-ring (bicyclic) bond motifs is 1. The molecule has 27 heavy (non-hydrogen) atoms. The highest BCUT2D eigenvalue weighted by atomic mass is 16.1. The molecule has 0 atom stereocenters. The summed E-state index contributed by atoms with van der Waals surface area (Å²) < 4.78 is 3.72. The third-order valence-corrected chi connectivity index (χ3v) is 4.48. The predicted octanol–water partition coefficient (Wildman–Crippen LogP) is 2.86. The first-order valence-electron chi connectivity index (χ1n) is 8.84. The Labute approximate surface area is 156 Å². The van der Waals surface area contributed by atoms with Crippen LogP contribution in [0.25, 0.3) is 28.0 Å². The van der Waals surface area contributed by atoms with E-state index in [0.29, 0.717) is 19.4 Å². The first-order chi connectivity index (χ1) is 13.1. The Morgan fingerprint density at radius 2 is 1.96 bits per heavy atom. The van der Waals surface area contributed by atoms with Gasteiger partial charge >= 0.3 is 0 Å².